The van der Waals surface area contributed by atoms with Gasteiger partial charge in [0.25, 0.3) is 0 Å². The molecule has 1 aromatic carbocycles. The highest BCUT2D eigenvalue weighted by molar-refractivity contribution is 5.51. The first kappa shape index (κ1) is 17.0. The van der Waals surface area contributed by atoms with Crippen molar-refractivity contribution >= 4 is 0 Å². The van der Waals surface area contributed by atoms with E-state index in [0.717, 1.165) is 5.75 Å². The molecule has 2 heteroatoms. The summed E-state index contributed by atoms with van der Waals surface area (Å²) in [5.41, 5.74) is 9.88. The van der Waals surface area contributed by atoms with Crippen molar-refractivity contribution in [3.05, 3.63) is 28.8 Å². The molecular weight excluding hydrogens is 246 g/mol. The number of ether oxygens (including phenoxy) is 1. The number of nitrogens with two attached hydrogens (primary N) is 1. The molecule has 114 valence electrons. The molecule has 0 saturated carbocycles. The van der Waals surface area contributed by atoms with E-state index in [2.05, 4.69) is 53.7 Å². The number of hydrogen-bond donors (Lipinski definition) is 1. The van der Waals surface area contributed by atoms with Crippen LogP contribution in [0.3, 0.4) is 0 Å². The zero-order valence-corrected chi connectivity index (χ0v) is 14.4. The summed E-state index contributed by atoms with van der Waals surface area (Å²) in [6.45, 7) is 18.1. The molecule has 0 spiro atoms. The van der Waals surface area contributed by atoms with Crippen LogP contribution in [0.15, 0.2) is 12.1 Å². The van der Waals surface area contributed by atoms with Gasteiger partial charge in [-0.1, -0.05) is 53.7 Å². The van der Waals surface area contributed by atoms with Crippen LogP contribution in [0.1, 0.15) is 78.1 Å². The molecule has 1 aromatic rings. The van der Waals surface area contributed by atoms with E-state index in [4.69, 9.17) is 10.5 Å². The topological polar surface area (TPSA) is 35.2 Å². The Morgan fingerprint density at radius 3 is 1.65 bits per heavy atom. The van der Waals surface area contributed by atoms with Crippen LogP contribution in [0.25, 0.3) is 0 Å². The zero-order chi connectivity index (χ0) is 15.7. The molecule has 0 amide bonds. The van der Waals surface area contributed by atoms with E-state index in [1.165, 1.54) is 16.7 Å². The first-order valence-electron chi connectivity index (χ1n) is 7.55. The van der Waals surface area contributed by atoms with Gasteiger partial charge in [-0.15, -0.1) is 0 Å². The van der Waals surface area contributed by atoms with Crippen LogP contribution in [0, 0.1) is 0 Å². The van der Waals surface area contributed by atoms with E-state index >= 15 is 0 Å². The molecule has 0 aromatic heterocycles. The number of benzene rings is 1. The molecule has 0 fully saturated rings. The fourth-order valence-electron chi connectivity index (χ4n) is 2.33. The van der Waals surface area contributed by atoms with Crippen molar-refractivity contribution in [3.63, 3.8) is 0 Å². The quantitative estimate of drug-likeness (QED) is 0.869. The molecule has 2 N–H and O–H groups in total. The lowest BCUT2D eigenvalue weighted by molar-refractivity contribution is 0.319. The van der Waals surface area contributed by atoms with Crippen LogP contribution < -0.4 is 10.5 Å². The summed E-state index contributed by atoms with van der Waals surface area (Å²) in [4.78, 5) is 0. The molecule has 0 aliphatic rings. The van der Waals surface area contributed by atoms with E-state index in [1.807, 2.05) is 13.8 Å². The average Bonchev–Trinajstić information content (AvgIpc) is 2.26. The van der Waals surface area contributed by atoms with E-state index in [0.29, 0.717) is 6.61 Å². The summed E-state index contributed by atoms with van der Waals surface area (Å²) in [5.74, 6) is 1.04. The molecule has 0 aliphatic carbocycles. The van der Waals surface area contributed by atoms with E-state index in [1.54, 1.807) is 0 Å². The molecule has 20 heavy (non-hydrogen) atoms. The molecule has 0 heterocycles. The van der Waals surface area contributed by atoms with Crippen LogP contribution in [0.5, 0.6) is 5.75 Å². The third-order valence-electron chi connectivity index (χ3n) is 3.54. The molecule has 0 aliphatic heterocycles. The Hall–Kier alpha value is -1.02. The Morgan fingerprint density at radius 1 is 1.00 bits per heavy atom. The lowest BCUT2D eigenvalue weighted by Gasteiger charge is -2.31. The van der Waals surface area contributed by atoms with Crippen LogP contribution >= 0.6 is 0 Å². The fourth-order valence-corrected chi connectivity index (χ4v) is 2.33. The zero-order valence-electron chi connectivity index (χ0n) is 14.4. The standard InChI is InChI=1S/C18H31NO/c1-9-20-16-14(17(3,4)5)10-13(12(2)19)11-15(16)18(6,7)8/h10-12H,9,19H2,1-8H3. The minimum absolute atomic E-state index is 0.0351. The van der Waals surface area contributed by atoms with Crippen molar-refractivity contribution in [1.82, 2.24) is 0 Å². The third-order valence-corrected chi connectivity index (χ3v) is 3.54. The first-order chi connectivity index (χ1) is 8.98. The van der Waals surface area contributed by atoms with Crippen molar-refractivity contribution in [2.75, 3.05) is 6.61 Å². The molecule has 1 atom stereocenters. The molecule has 1 rings (SSSR count). The molecule has 0 radical (unpaired) electrons. The van der Waals surface area contributed by atoms with Gasteiger partial charge in [0.15, 0.2) is 0 Å². The second kappa shape index (κ2) is 5.77. The van der Waals surface area contributed by atoms with Crippen LogP contribution in [-0.2, 0) is 10.8 Å². The lowest BCUT2D eigenvalue weighted by atomic mass is 9.78. The van der Waals surface area contributed by atoms with Gasteiger partial charge in [0.05, 0.1) is 6.61 Å². The smallest absolute Gasteiger partial charge is 0.126 e. The Morgan fingerprint density at radius 2 is 1.40 bits per heavy atom. The van der Waals surface area contributed by atoms with Gasteiger partial charge in [0.1, 0.15) is 5.75 Å². The minimum atomic E-state index is 0.0351. The van der Waals surface area contributed by atoms with Crippen LogP contribution in [-0.4, -0.2) is 6.61 Å². The molecule has 1 unspecified atom stereocenters. The van der Waals surface area contributed by atoms with Gasteiger partial charge in [-0.25, -0.2) is 0 Å². The fraction of sp³-hybridized carbons (Fsp3) is 0.667. The highest BCUT2D eigenvalue weighted by Gasteiger charge is 2.28. The summed E-state index contributed by atoms with van der Waals surface area (Å²) >= 11 is 0. The molecule has 0 bridgehead atoms. The van der Waals surface area contributed by atoms with Gasteiger partial charge in [0, 0.05) is 17.2 Å². The summed E-state index contributed by atoms with van der Waals surface area (Å²) < 4.78 is 6.02. The monoisotopic (exact) mass is 277 g/mol. The summed E-state index contributed by atoms with van der Waals surface area (Å²) in [5, 5.41) is 0. The largest absolute Gasteiger partial charge is 0.493 e. The van der Waals surface area contributed by atoms with E-state index in [9.17, 15) is 0 Å². The third kappa shape index (κ3) is 3.76. The predicted molar refractivity (Wildman–Crippen MR) is 87.6 cm³/mol. The number of rotatable bonds is 3. The second-order valence-electron chi connectivity index (χ2n) is 7.67. The Balaban J connectivity index is 3.67. The normalized spacial score (nSPS) is 14.2. The highest BCUT2D eigenvalue weighted by atomic mass is 16.5. The van der Waals surface area contributed by atoms with Gasteiger partial charge in [-0.2, -0.15) is 0 Å². The van der Waals surface area contributed by atoms with Crippen molar-refractivity contribution in [2.24, 2.45) is 5.73 Å². The van der Waals surface area contributed by atoms with E-state index < -0.39 is 0 Å². The second-order valence-corrected chi connectivity index (χ2v) is 7.67. The van der Waals surface area contributed by atoms with Gasteiger partial charge < -0.3 is 10.5 Å². The van der Waals surface area contributed by atoms with Crippen molar-refractivity contribution in [1.29, 1.82) is 0 Å². The molecule has 0 saturated heterocycles. The van der Waals surface area contributed by atoms with Gasteiger partial charge >= 0.3 is 0 Å². The Bertz CT molecular complexity index is 426. The SMILES string of the molecule is CCOc1c(C(C)(C)C)cc(C(C)N)cc1C(C)(C)C. The maximum Gasteiger partial charge on any atom is 0.126 e. The van der Waals surface area contributed by atoms with E-state index in [-0.39, 0.29) is 16.9 Å². The Labute approximate surface area is 124 Å². The van der Waals surface area contributed by atoms with Crippen molar-refractivity contribution in [2.45, 2.75) is 72.3 Å². The lowest BCUT2D eigenvalue weighted by Crippen LogP contribution is -2.21. The molecule has 2 nitrogen and oxygen atoms in total. The predicted octanol–water partition coefficient (Wildman–Crippen LogP) is 4.70. The van der Waals surface area contributed by atoms with Crippen molar-refractivity contribution < 1.29 is 4.74 Å². The summed E-state index contributed by atoms with van der Waals surface area (Å²) in [6.07, 6.45) is 0. The van der Waals surface area contributed by atoms with Gasteiger partial charge in [0.2, 0.25) is 0 Å². The average molecular weight is 277 g/mol. The Kier molecular flexibility index (Phi) is 4.91. The maximum atomic E-state index is 6.12. The summed E-state index contributed by atoms with van der Waals surface area (Å²) in [7, 11) is 0. The highest BCUT2D eigenvalue weighted by Crippen LogP contribution is 2.41. The first-order valence-corrected chi connectivity index (χ1v) is 7.55. The summed E-state index contributed by atoms with van der Waals surface area (Å²) in [6, 6.07) is 4.46. The van der Waals surface area contributed by atoms with Crippen LogP contribution in [0.4, 0.5) is 0 Å². The minimum Gasteiger partial charge on any atom is -0.493 e. The molecular formula is C18H31NO. The van der Waals surface area contributed by atoms with Gasteiger partial charge in [-0.05, 0) is 30.2 Å². The van der Waals surface area contributed by atoms with Crippen molar-refractivity contribution in [3.8, 4) is 5.75 Å². The maximum absolute atomic E-state index is 6.12. The van der Waals surface area contributed by atoms with Crippen LogP contribution in [0.2, 0.25) is 0 Å². The number of hydrogen-bond acceptors (Lipinski definition) is 2. The van der Waals surface area contributed by atoms with Gasteiger partial charge in [-0.3, -0.25) is 0 Å².